The molecule has 6 heteroatoms. The van der Waals surface area contributed by atoms with Gasteiger partial charge in [-0.2, -0.15) is 0 Å². The second kappa shape index (κ2) is 4.98. The minimum atomic E-state index is -0.386. The molecule has 1 fully saturated rings. The summed E-state index contributed by atoms with van der Waals surface area (Å²) in [6.45, 7) is 3.66. The Morgan fingerprint density at radius 3 is 3.25 bits per heavy atom. The van der Waals surface area contributed by atoms with E-state index < -0.39 is 0 Å². The minimum absolute atomic E-state index is 0.260. The van der Waals surface area contributed by atoms with Crippen molar-refractivity contribution in [2.75, 3.05) is 25.1 Å². The minimum Gasteiger partial charge on any atom is -0.461 e. The molecule has 0 radical (unpaired) electrons. The van der Waals surface area contributed by atoms with Crippen molar-refractivity contribution in [1.29, 1.82) is 0 Å². The number of carbonyl (C=O) groups excluding carboxylic acids is 1. The summed E-state index contributed by atoms with van der Waals surface area (Å²) in [6, 6.07) is 0. The van der Waals surface area contributed by atoms with Gasteiger partial charge in [0.1, 0.15) is 5.69 Å². The molecule has 1 saturated heterocycles. The van der Waals surface area contributed by atoms with Crippen LogP contribution in [0.25, 0.3) is 0 Å². The maximum atomic E-state index is 11.3. The molecule has 6 nitrogen and oxygen atoms in total. The number of nitrogens with one attached hydrogen (secondary N) is 2. The van der Waals surface area contributed by atoms with E-state index >= 15 is 0 Å². The quantitative estimate of drug-likeness (QED) is 0.724. The van der Waals surface area contributed by atoms with Crippen LogP contribution in [0.4, 0.5) is 5.95 Å². The van der Waals surface area contributed by atoms with Crippen molar-refractivity contribution in [3.8, 4) is 0 Å². The first-order chi connectivity index (χ1) is 7.79. The normalized spacial score (nSPS) is 18.9. The lowest BCUT2D eigenvalue weighted by molar-refractivity contribution is -0.0411. The predicted octanol–water partition coefficient (Wildman–Crippen LogP) is 0.787. The Morgan fingerprint density at radius 2 is 2.62 bits per heavy atom. The monoisotopic (exact) mass is 225 g/mol. The Labute approximate surface area is 93.3 Å². The van der Waals surface area contributed by atoms with Crippen LogP contribution in [0.15, 0.2) is 6.20 Å². The fraction of sp³-hybridized carbons (Fsp3) is 0.600. The average Bonchev–Trinajstić information content (AvgIpc) is 2.64. The van der Waals surface area contributed by atoms with Gasteiger partial charge in [0, 0.05) is 13.2 Å². The zero-order valence-corrected chi connectivity index (χ0v) is 9.16. The van der Waals surface area contributed by atoms with Crippen LogP contribution in [-0.4, -0.2) is 41.8 Å². The Bertz CT molecular complexity index is 360. The molecule has 2 heterocycles. The van der Waals surface area contributed by atoms with Gasteiger partial charge in [-0.1, -0.05) is 0 Å². The van der Waals surface area contributed by atoms with E-state index in [1.54, 1.807) is 6.92 Å². The summed E-state index contributed by atoms with van der Waals surface area (Å²) in [5.41, 5.74) is 0.360. The van der Waals surface area contributed by atoms with Gasteiger partial charge >= 0.3 is 5.97 Å². The molecule has 2 rings (SSSR count). The second-order valence-electron chi connectivity index (χ2n) is 3.53. The molecule has 2 N–H and O–H groups in total. The molecule has 0 bridgehead atoms. The number of hydrogen-bond acceptors (Lipinski definition) is 5. The summed E-state index contributed by atoms with van der Waals surface area (Å²) in [5.74, 6) is 0.182. The number of hydrogen-bond donors (Lipinski definition) is 2. The maximum Gasteiger partial charge on any atom is 0.356 e. The number of imidazole rings is 1. The van der Waals surface area contributed by atoms with Gasteiger partial charge in [-0.25, -0.2) is 9.78 Å². The van der Waals surface area contributed by atoms with Crippen molar-refractivity contribution < 1.29 is 14.3 Å². The van der Waals surface area contributed by atoms with E-state index in [0.717, 1.165) is 13.0 Å². The molecule has 0 saturated carbocycles. The summed E-state index contributed by atoms with van der Waals surface area (Å²) in [7, 11) is 0. The topological polar surface area (TPSA) is 76.2 Å². The molecular formula is C10H15N3O3. The maximum absolute atomic E-state index is 11.3. The first kappa shape index (κ1) is 10.9. The lowest BCUT2D eigenvalue weighted by atomic mass is 10.2. The molecular weight excluding hydrogens is 210 g/mol. The first-order valence-electron chi connectivity index (χ1n) is 5.37. The smallest absolute Gasteiger partial charge is 0.356 e. The van der Waals surface area contributed by atoms with Gasteiger partial charge in [-0.05, 0) is 13.3 Å². The largest absolute Gasteiger partial charge is 0.461 e. The van der Waals surface area contributed by atoms with Crippen molar-refractivity contribution in [3.63, 3.8) is 0 Å². The third-order valence-corrected chi connectivity index (χ3v) is 2.36. The lowest BCUT2D eigenvalue weighted by Crippen LogP contribution is -2.33. The molecule has 0 aromatic carbocycles. The summed E-state index contributed by atoms with van der Waals surface area (Å²) in [6.07, 6.45) is 2.79. The molecule has 16 heavy (non-hydrogen) atoms. The second-order valence-corrected chi connectivity index (χ2v) is 3.53. The van der Waals surface area contributed by atoms with E-state index in [9.17, 15) is 4.79 Å². The van der Waals surface area contributed by atoms with Gasteiger partial charge in [0.05, 0.1) is 18.9 Å². The number of nitrogens with zero attached hydrogens (tertiary/aromatic N) is 1. The van der Waals surface area contributed by atoms with Gasteiger partial charge in [-0.15, -0.1) is 0 Å². The van der Waals surface area contributed by atoms with Crippen LogP contribution in [0.2, 0.25) is 0 Å². The van der Waals surface area contributed by atoms with Crippen LogP contribution in [0.3, 0.4) is 0 Å². The number of ether oxygens (including phenoxy) is 2. The molecule has 1 aliphatic rings. The van der Waals surface area contributed by atoms with Crippen molar-refractivity contribution in [3.05, 3.63) is 11.9 Å². The predicted molar refractivity (Wildman–Crippen MR) is 57.4 cm³/mol. The highest BCUT2D eigenvalue weighted by molar-refractivity contribution is 5.87. The van der Waals surface area contributed by atoms with Gasteiger partial charge in [0.15, 0.2) is 0 Å². The molecule has 0 amide bonds. The highest BCUT2D eigenvalue weighted by atomic mass is 16.5. The SMILES string of the molecule is CCOC(=O)c1cnc(NCC2CCO2)[nH]1. The number of aromatic amines is 1. The van der Waals surface area contributed by atoms with Gasteiger partial charge < -0.3 is 19.8 Å². The van der Waals surface area contributed by atoms with Crippen LogP contribution < -0.4 is 5.32 Å². The fourth-order valence-corrected chi connectivity index (χ4v) is 1.38. The van der Waals surface area contributed by atoms with Crippen molar-refractivity contribution in [2.24, 2.45) is 0 Å². The Hall–Kier alpha value is -1.56. The van der Waals surface area contributed by atoms with Crippen molar-refractivity contribution >= 4 is 11.9 Å². The molecule has 88 valence electrons. The van der Waals surface area contributed by atoms with Gasteiger partial charge in [-0.3, -0.25) is 0 Å². The summed E-state index contributed by atoms with van der Waals surface area (Å²) in [5, 5.41) is 3.06. The summed E-state index contributed by atoms with van der Waals surface area (Å²) in [4.78, 5) is 18.2. The zero-order chi connectivity index (χ0) is 11.4. The number of carbonyl (C=O) groups is 1. The third-order valence-electron chi connectivity index (χ3n) is 2.36. The molecule has 0 spiro atoms. The number of H-pyrrole nitrogens is 1. The Morgan fingerprint density at radius 1 is 1.81 bits per heavy atom. The van der Waals surface area contributed by atoms with Crippen molar-refractivity contribution in [1.82, 2.24) is 9.97 Å². The van der Waals surface area contributed by atoms with Crippen LogP contribution >= 0.6 is 0 Å². The van der Waals surface area contributed by atoms with E-state index in [1.165, 1.54) is 6.20 Å². The van der Waals surface area contributed by atoms with Crippen molar-refractivity contribution in [2.45, 2.75) is 19.4 Å². The van der Waals surface area contributed by atoms with Crippen LogP contribution in [0.5, 0.6) is 0 Å². The van der Waals surface area contributed by atoms with E-state index in [1.807, 2.05) is 0 Å². The van der Waals surface area contributed by atoms with Crippen LogP contribution in [-0.2, 0) is 9.47 Å². The van der Waals surface area contributed by atoms with Gasteiger partial charge in [0.25, 0.3) is 0 Å². The fourth-order valence-electron chi connectivity index (χ4n) is 1.38. The standard InChI is InChI=1S/C10H15N3O3/c1-2-15-9(14)8-6-12-10(13-8)11-5-7-3-4-16-7/h6-7H,2-5H2,1H3,(H2,11,12,13). The number of aromatic nitrogens is 2. The van der Waals surface area contributed by atoms with Gasteiger partial charge in [0.2, 0.25) is 5.95 Å². The van der Waals surface area contributed by atoms with E-state index in [0.29, 0.717) is 24.8 Å². The highest BCUT2D eigenvalue weighted by Gasteiger charge is 2.18. The molecule has 1 aromatic rings. The molecule has 0 aliphatic carbocycles. The van der Waals surface area contributed by atoms with Crippen LogP contribution in [0.1, 0.15) is 23.8 Å². The summed E-state index contributed by atoms with van der Waals surface area (Å²) >= 11 is 0. The Kier molecular flexibility index (Phi) is 3.40. The molecule has 1 aliphatic heterocycles. The highest BCUT2D eigenvalue weighted by Crippen LogP contribution is 2.11. The number of esters is 1. The molecule has 1 unspecified atom stereocenters. The zero-order valence-electron chi connectivity index (χ0n) is 9.16. The molecule has 1 aromatic heterocycles. The first-order valence-corrected chi connectivity index (χ1v) is 5.37. The average molecular weight is 225 g/mol. The third kappa shape index (κ3) is 2.52. The van der Waals surface area contributed by atoms with Crippen LogP contribution in [0, 0.1) is 0 Å². The lowest BCUT2D eigenvalue weighted by Gasteiger charge is -2.26. The molecule has 1 atom stereocenters. The summed E-state index contributed by atoms with van der Waals surface area (Å²) < 4.78 is 10.1. The Balaban J connectivity index is 1.83. The van der Waals surface area contributed by atoms with E-state index in [4.69, 9.17) is 9.47 Å². The number of rotatable bonds is 5. The van der Waals surface area contributed by atoms with E-state index in [2.05, 4.69) is 15.3 Å². The number of anilines is 1. The van der Waals surface area contributed by atoms with E-state index in [-0.39, 0.29) is 12.1 Å².